The zero-order valence-electron chi connectivity index (χ0n) is 11.6. The quantitative estimate of drug-likeness (QED) is 0.875. The van der Waals surface area contributed by atoms with E-state index < -0.39 is 0 Å². The van der Waals surface area contributed by atoms with Gasteiger partial charge in [0.15, 0.2) is 0 Å². The number of likely N-dealkylation sites (tertiary alicyclic amines) is 1. The molecule has 108 valence electrons. The molecule has 1 aliphatic heterocycles. The lowest BCUT2D eigenvalue weighted by Crippen LogP contribution is -2.37. The highest BCUT2D eigenvalue weighted by Crippen LogP contribution is 2.23. The van der Waals surface area contributed by atoms with Gasteiger partial charge in [-0.3, -0.25) is 9.78 Å². The van der Waals surface area contributed by atoms with Crippen molar-refractivity contribution in [3.05, 3.63) is 59.1 Å². The molecule has 1 aliphatic rings. The van der Waals surface area contributed by atoms with E-state index in [2.05, 4.69) is 22.1 Å². The minimum Gasteiger partial charge on any atom is -0.334 e. The number of benzene rings is 1. The average Bonchev–Trinajstić information content (AvgIpc) is 2.95. The van der Waals surface area contributed by atoms with Crippen LogP contribution in [0.2, 0.25) is 5.15 Å². The number of carbonyl (C=O) groups excluding carboxylic acids is 1. The molecule has 21 heavy (non-hydrogen) atoms. The van der Waals surface area contributed by atoms with Crippen LogP contribution >= 0.6 is 11.6 Å². The predicted octanol–water partition coefficient (Wildman–Crippen LogP) is 2.98. The normalized spacial score (nSPS) is 18.0. The maximum absolute atomic E-state index is 12.6. The Hall–Kier alpha value is -1.94. The Bertz CT molecular complexity index is 632. The van der Waals surface area contributed by atoms with Crippen LogP contribution in [0.5, 0.6) is 0 Å². The van der Waals surface area contributed by atoms with Gasteiger partial charge in [-0.15, -0.1) is 0 Å². The third-order valence-electron chi connectivity index (χ3n) is 3.78. The zero-order chi connectivity index (χ0) is 14.7. The molecule has 0 bridgehead atoms. The van der Waals surface area contributed by atoms with Crippen molar-refractivity contribution in [2.24, 2.45) is 0 Å². The van der Waals surface area contributed by atoms with Crippen molar-refractivity contribution in [3.8, 4) is 0 Å². The van der Waals surface area contributed by atoms with Crippen LogP contribution in [0.4, 0.5) is 0 Å². The topological polar surface area (TPSA) is 46.1 Å². The van der Waals surface area contributed by atoms with Crippen LogP contribution < -0.4 is 0 Å². The number of hydrogen-bond donors (Lipinski definition) is 0. The van der Waals surface area contributed by atoms with Gasteiger partial charge in [0.2, 0.25) is 0 Å². The van der Waals surface area contributed by atoms with Crippen LogP contribution in [0.25, 0.3) is 0 Å². The Morgan fingerprint density at radius 3 is 2.86 bits per heavy atom. The van der Waals surface area contributed by atoms with Gasteiger partial charge in [-0.1, -0.05) is 41.9 Å². The first-order chi connectivity index (χ1) is 10.2. The number of amides is 1. The molecule has 5 heteroatoms. The molecule has 1 aromatic heterocycles. The number of halogens is 1. The summed E-state index contributed by atoms with van der Waals surface area (Å²) in [5, 5.41) is 0.250. The summed E-state index contributed by atoms with van der Waals surface area (Å²) in [7, 11) is 0. The Kier molecular flexibility index (Phi) is 4.15. The van der Waals surface area contributed by atoms with Crippen LogP contribution in [0, 0.1) is 0 Å². The summed E-state index contributed by atoms with van der Waals surface area (Å²) in [6.07, 6.45) is 5.84. The van der Waals surface area contributed by atoms with E-state index in [9.17, 15) is 4.79 Å². The van der Waals surface area contributed by atoms with Crippen molar-refractivity contribution < 1.29 is 4.79 Å². The van der Waals surface area contributed by atoms with Crippen LogP contribution in [0.1, 0.15) is 28.9 Å². The molecule has 0 radical (unpaired) electrons. The molecular formula is C16H16ClN3O. The molecule has 1 unspecified atom stereocenters. The van der Waals surface area contributed by atoms with Crippen LogP contribution in [0.3, 0.4) is 0 Å². The van der Waals surface area contributed by atoms with Crippen LogP contribution in [-0.4, -0.2) is 33.4 Å². The van der Waals surface area contributed by atoms with Gasteiger partial charge in [0.1, 0.15) is 10.8 Å². The standard InChI is InChI=1S/C16H16ClN3O/c17-15-11-18-10-14(19-15)16(21)20-8-4-7-13(20)9-12-5-2-1-3-6-12/h1-3,5-6,10-11,13H,4,7-9H2. The summed E-state index contributed by atoms with van der Waals surface area (Å²) in [5.41, 5.74) is 1.57. The minimum atomic E-state index is -0.0802. The Balaban J connectivity index is 1.76. The molecule has 3 rings (SSSR count). The van der Waals surface area contributed by atoms with Crippen molar-refractivity contribution in [3.63, 3.8) is 0 Å². The molecule has 0 saturated carbocycles. The molecule has 0 aliphatic carbocycles. The highest BCUT2D eigenvalue weighted by atomic mass is 35.5. The van der Waals surface area contributed by atoms with Gasteiger partial charge in [0.25, 0.3) is 5.91 Å². The van der Waals surface area contributed by atoms with Gasteiger partial charge in [0.05, 0.1) is 12.4 Å². The molecular weight excluding hydrogens is 286 g/mol. The van der Waals surface area contributed by atoms with E-state index in [1.807, 2.05) is 23.1 Å². The van der Waals surface area contributed by atoms with Gasteiger partial charge >= 0.3 is 0 Å². The summed E-state index contributed by atoms with van der Waals surface area (Å²) in [4.78, 5) is 22.5. The first-order valence-electron chi connectivity index (χ1n) is 7.06. The van der Waals surface area contributed by atoms with E-state index >= 15 is 0 Å². The molecule has 1 fully saturated rings. The predicted molar refractivity (Wildman–Crippen MR) is 81.2 cm³/mol. The van der Waals surface area contributed by atoms with E-state index in [0.717, 1.165) is 25.8 Å². The minimum absolute atomic E-state index is 0.0802. The van der Waals surface area contributed by atoms with Crippen molar-refractivity contribution in [2.45, 2.75) is 25.3 Å². The third kappa shape index (κ3) is 3.22. The summed E-state index contributed by atoms with van der Waals surface area (Å²) in [5.74, 6) is -0.0802. The third-order valence-corrected chi connectivity index (χ3v) is 3.96. The van der Waals surface area contributed by atoms with Crippen molar-refractivity contribution in [2.75, 3.05) is 6.54 Å². The molecule has 2 aromatic rings. The second-order valence-corrected chi connectivity index (χ2v) is 5.60. The SMILES string of the molecule is O=C(c1cncc(Cl)n1)N1CCCC1Cc1ccccc1. The first kappa shape index (κ1) is 14.0. The molecule has 4 nitrogen and oxygen atoms in total. The molecule has 0 N–H and O–H groups in total. The second-order valence-electron chi connectivity index (χ2n) is 5.21. The maximum Gasteiger partial charge on any atom is 0.274 e. The van der Waals surface area contributed by atoms with E-state index in [1.165, 1.54) is 18.0 Å². The number of rotatable bonds is 3. The summed E-state index contributed by atoms with van der Waals surface area (Å²) >= 11 is 5.82. The van der Waals surface area contributed by atoms with Crippen molar-refractivity contribution in [1.29, 1.82) is 0 Å². The lowest BCUT2D eigenvalue weighted by Gasteiger charge is -2.24. The lowest BCUT2D eigenvalue weighted by atomic mass is 10.0. The zero-order valence-corrected chi connectivity index (χ0v) is 12.3. The number of hydrogen-bond acceptors (Lipinski definition) is 3. The fourth-order valence-corrected chi connectivity index (χ4v) is 2.94. The van der Waals surface area contributed by atoms with Crippen molar-refractivity contribution in [1.82, 2.24) is 14.9 Å². The Labute approximate surface area is 128 Å². The van der Waals surface area contributed by atoms with Crippen molar-refractivity contribution >= 4 is 17.5 Å². The first-order valence-corrected chi connectivity index (χ1v) is 7.44. The molecule has 1 aromatic carbocycles. The second kappa shape index (κ2) is 6.22. The fourth-order valence-electron chi connectivity index (χ4n) is 2.79. The van der Waals surface area contributed by atoms with E-state index in [-0.39, 0.29) is 17.1 Å². The van der Waals surface area contributed by atoms with Crippen LogP contribution in [0.15, 0.2) is 42.7 Å². The molecule has 1 atom stereocenters. The summed E-state index contributed by atoms with van der Waals surface area (Å²) in [6.45, 7) is 0.768. The smallest absolute Gasteiger partial charge is 0.274 e. The van der Waals surface area contributed by atoms with Gasteiger partial charge in [-0.25, -0.2) is 4.98 Å². The molecule has 1 amide bonds. The molecule has 0 spiro atoms. The van der Waals surface area contributed by atoms with Gasteiger partial charge in [-0.2, -0.15) is 0 Å². The highest BCUT2D eigenvalue weighted by Gasteiger charge is 2.30. The van der Waals surface area contributed by atoms with Gasteiger partial charge in [-0.05, 0) is 24.8 Å². The maximum atomic E-state index is 12.6. The monoisotopic (exact) mass is 301 g/mol. The number of carbonyl (C=O) groups is 1. The highest BCUT2D eigenvalue weighted by molar-refractivity contribution is 6.29. The van der Waals surface area contributed by atoms with Gasteiger partial charge in [0, 0.05) is 12.6 Å². The molecule has 2 heterocycles. The molecule has 1 saturated heterocycles. The number of nitrogens with zero attached hydrogens (tertiary/aromatic N) is 3. The fraction of sp³-hybridized carbons (Fsp3) is 0.312. The largest absolute Gasteiger partial charge is 0.334 e. The summed E-state index contributed by atoms with van der Waals surface area (Å²) in [6, 6.07) is 10.5. The average molecular weight is 302 g/mol. The van der Waals surface area contributed by atoms with E-state index in [1.54, 1.807) is 0 Å². The lowest BCUT2D eigenvalue weighted by molar-refractivity contribution is 0.0730. The van der Waals surface area contributed by atoms with E-state index in [4.69, 9.17) is 11.6 Å². The van der Waals surface area contributed by atoms with Crippen LogP contribution in [-0.2, 0) is 6.42 Å². The number of aromatic nitrogens is 2. The van der Waals surface area contributed by atoms with Gasteiger partial charge < -0.3 is 4.90 Å². The Morgan fingerprint density at radius 1 is 1.29 bits per heavy atom. The van der Waals surface area contributed by atoms with E-state index in [0.29, 0.717) is 5.69 Å². The summed E-state index contributed by atoms with van der Waals surface area (Å²) < 4.78 is 0. The Morgan fingerprint density at radius 2 is 2.10 bits per heavy atom.